The number of nitrogens with zero attached hydrogens (tertiary/aromatic N) is 4. The molecule has 1 fully saturated rings. The molecule has 3 atom stereocenters. The highest BCUT2D eigenvalue weighted by molar-refractivity contribution is 7.90. The molecule has 0 radical (unpaired) electrons. The van der Waals surface area contributed by atoms with Crippen LogP contribution < -0.4 is 5.73 Å². The Balaban J connectivity index is 1.64. The highest BCUT2D eigenvalue weighted by Gasteiger charge is 2.56. The second-order valence-corrected chi connectivity index (χ2v) is 12.8. The molecule has 2 aromatic rings. The standard InChI is InChI=1S/C28H32F3N5O5S/c1-18(24(32)37)21(11-10-19-7-3-4-9-22(19)42(2,40)41)25(38)35-14-12-23-27(16-35,15-20-8-5-6-13-33-20)26(39)36(34-23)17-28(29,30)31/h3-9,13,18,21H,10-12,14-17H2,1-2H3,(H2,32,37)/t18?,21-,27-/m1/s1. The normalized spacial score (nSPS) is 20.6. The SMILES string of the molecule is CC(C(N)=O)[C@@H](CCc1ccccc1S(C)(=O)=O)C(=O)N1CCC2=NN(CC(F)(F)F)C(=O)[C@]2(Cc2ccccn2)C1. The topological polar surface area (TPSA) is 143 Å². The van der Waals surface area contributed by atoms with Crippen molar-refractivity contribution in [3.8, 4) is 0 Å². The number of rotatable bonds is 10. The molecule has 3 heterocycles. The van der Waals surface area contributed by atoms with Crippen molar-refractivity contribution in [2.75, 3.05) is 25.9 Å². The van der Waals surface area contributed by atoms with Gasteiger partial charge in [0.05, 0.1) is 10.6 Å². The summed E-state index contributed by atoms with van der Waals surface area (Å²) >= 11 is 0. The fraction of sp³-hybridized carbons (Fsp3) is 0.464. The third kappa shape index (κ3) is 6.63. The summed E-state index contributed by atoms with van der Waals surface area (Å²) in [6.45, 7) is -0.249. The van der Waals surface area contributed by atoms with Crippen molar-refractivity contribution < 1.29 is 36.0 Å². The number of piperidine rings is 1. The van der Waals surface area contributed by atoms with Gasteiger partial charge in [-0.1, -0.05) is 31.2 Å². The number of hydrogen-bond donors (Lipinski definition) is 1. The van der Waals surface area contributed by atoms with Gasteiger partial charge in [-0.3, -0.25) is 19.4 Å². The van der Waals surface area contributed by atoms with E-state index in [1.54, 1.807) is 36.4 Å². The van der Waals surface area contributed by atoms with E-state index in [0.717, 1.165) is 6.26 Å². The minimum absolute atomic E-state index is 0.0489. The molecule has 1 unspecified atom stereocenters. The van der Waals surface area contributed by atoms with Crippen LogP contribution in [0.5, 0.6) is 0 Å². The first kappa shape index (κ1) is 31.1. The molecule has 1 aromatic heterocycles. The van der Waals surface area contributed by atoms with Crippen LogP contribution in [0.1, 0.15) is 31.0 Å². The van der Waals surface area contributed by atoms with Gasteiger partial charge in [0.1, 0.15) is 12.0 Å². The number of halogens is 3. The molecule has 42 heavy (non-hydrogen) atoms. The molecule has 10 nitrogen and oxygen atoms in total. The zero-order valence-electron chi connectivity index (χ0n) is 23.2. The van der Waals surface area contributed by atoms with Crippen molar-refractivity contribution in [1.29, 1.82) is 0 Å². The summed E-state index contributed by atoms with van der Waals surface area (Å²) in [6, 6.07) is 11.3. The Morgan fingerprint density at radius 2 is 1.83 bits per heavy atom. The van der Waals surface area contributed by atoms with Crippen molar-refractivity contribution in [2.45, 2.75) is 43.7 Å². The Morgan fingerprint density at radius 3 is 2.45 bits per heavy atom. The lowest BCUT2D eigenvalue weighted by molar-refractivity contribution is -0.164. The zero-order valence-corrected chi connectivity index (χ0v) is 24.0. The Morgan fingerprint density at radius 1 is 1.14 bits per heavy atom. The largest absolute Gasteiger partial charge is 0.408 e. The first-order chi connectivity index (χ1) is 19.6. The predicted octanol–water partition coefficient (Wildman–Crippen LogP) is 2.38. The minimum atomic E-state index is -4.68. The number of amides is 3. The average molecular weight is 608 g/mol. The maximum atomic E-state index is 14.0. The lowest BCUT2D eigenvalue weighted by Gasteiger charge is -2.41. The maximum absolute atomic E-state index is 14.0. The van der Waals surface area contributed by atoms with Crippen LogP contribution >= 0.6 is 0 Å². The molecule has 3 amide bonds. The van der Waals surface area contributed by atoms with Gasteiger partial charge in [0, 0.05) is 55.9 Å². The van der Waals surface area contributed by atoms with E-state index in [4.69, 9.17) is 5.73 Å². The number of aryl methyl sites for hydroxylation is 1. The Hall–Kier alpha value is -3.81. The van der Waals surface area contributed by atoms with Crippen molar-refractivity contribution in [2.24, 2.45) is 28.1 Å². The first-order valence-electron chi connectivity index (χ1n) is 13.3. The quantitative estimate of drug-likeness (QED) is 0.440. The summed E-state index contributed by atoms with van der Waals surface area (Å²) < 4.78 is 64.4. The number of benzene rings is 1. The molecule has 4 rings (SSSR count). The van der Waals surface area contributed by atoms with E-state index in [9.17, 15) is 36.0 Å². The smallest absolute Gasteiger partial charge is 0.369 e. The van der Waals surface area contributed by atoms with Crippen molar-refractivity contribution in [1.82, 2.24) is 14.9 Å². The summed E-state index contributed by atoms with van der Waals surface area (Å²) in [5.41, 5.74) is 5.19. The van der Waals surface area contributed by atoms with E-state index in [0.29, 0.717) is 16.3 Å². The number of primary amides is 1. The molecule has 0 saturated carbocycles. The number of sulfone groups is 1. The van der Waals surface area contributed by atoms with Gasteiger partial charge >= 0.3 is 6.18 Å². The minimum Gasteiger partial charge on any atom is -0.369 e. The van der Waals surface area contributed by atoms with Crippen LogP contribution in [0, 0.1) is 17.3 Å². The van der Waals surface area contributed by atoms with Gasteiger partial charge in [-0.2, -0.15) is 18.3 Å². The van der Waals surface area contributed by atoms with Gasteiger partial charge in [-0.15, -0.1) is 0 Å². The van der Waals surface area contributed by atoms with Crippen molar-refractivity contribution in [3.05, 3.63) is 59.9 Å². The number of aromatic nitrogens is 1. The molecule has 2 aliphatic rings. The summed E-state index contributed by atoms with van der Waals surface area (Å²) in [6.07, 6.45) is -1.90. The number of nitrogens with two attached hydrogens (primary N) is 1. The molecule has 1 saturated heterocycles. The van der Waals surface area contributed by atoms with E-state index in [1.807, 2.05) is 0 Å². The van der Waals surface area contributed by atoms with E-state index >= 15 is 0 Å². The lowest BCUT2D eigenvalue weighted by Crippen LogP contribution is -2.57. The maximum Gasteiger partial charge on any atom is 0.408 e. The van der Waals surface area contributed by atoms with Crippen LogP contribution in [0.15, 0.2) is 58.7 Å². The number of carbonyl (C=O) groups excluding carboxylic acids is 3. The summed E-state index contributed by atoms with van der Waals surface area (Å²) in [4.78, 5) is 45.5. The molecule has 0 spiro atoms. The van der Waals surface area contributed by atoms with Gasteiger partial charge in [0.25, 0.3) is 5.91 Å². The fourth-order valence-corrected chi connectivity index (χ4v) is 6.64. The van der Waals surface area contributed by atoms with Gasteiger partial charge in [-0.05, 0) is 36.6 Å². The number of hydrogen-bond acceptors (Lipinski definition) is 7. The Bertz CT molecular complexity index is 1500. The highest BCUT2D eigenvalue weighted by Crippen LogP contribution is 2.40. The molecule has 14 heteroatoms. The Kier molecular flexibility index (Phi) is 8.76. The van der Waals surface area contributed by atoms with Gasteiger partial charge in [0.2, 0.25) is 11.8 Å². The number of alkyl halides is 3. The molecule has 226 valence electrons. The molecular weight excluding hydrogens is 575 g/mol. The molecule has 0 aliphatic carbocycles. The monoisotopic (exact) mass is 607 g/mol. The highest BCUT2D eigenvalue weighted by atomic mass is 32.2. The van der Waals surface area contributed by atoms with Crippen LogP contribution in [0.3, 0.4) is 0 Å². The molecule has 0 bridgehead atoms. The van der Waals surface area contributed by atoms with Crippen LogP contribution in [0.25, 0.3) is 0 Å². The fourth-order valence-electron chi connectivity index (χ4n) is 5.66. The van der Waals surface area contributed by atoms with Crippen molar-refractivity contribution >= 4 is 33.3 Å². The summed E-state index contributed by atoms with van der Waals surface area (Å²) in [7, 11) is -3.56. The van der Waals surface area contributed by atoms with Crippen LogP contribution in [-0.4, -0.2) is 78.8 Å². The third-order valence-corrected chi connectivity index (χ3v) is 9.03. The van der Waals surface area contributed by atoms with E-state index in [1.165, 1.54) is 24.1 Å². The van der Waals surface area contributed by atoms with Crippen LogP contribution in [0.4, 0.5) is 13.2 Å². The number of pyridine rings is 1. The number of fused-ring (bicyclic) bond motifs is 1. The van der Waals surface area contributed by atoms with Crippen LogP contribution in [0.2, 0.25) is 0 Å². The van der Waals surface area contributed by atoms with E-state index < -0.39 is 57.5 Å². The van der Waals surface area contributed by atoms with Gasteiger partial charge < -0.3 is 10.6 Å². The first-order valence-corrected chi connectivity index (χ1v) is 15.2. The van der Waals surface area contributed by atoms with E-state index in [2.05, 4.69) is 10.1 Å². The second-order valence-electron chi connectivity index (χ2n) is 10.8. The van der Waals surface area contributed by atoms with E-state index in [-0.39, 0.29) is 49.4 Å². The summed E-state index contributed by atoms with van der Waals surface area (Å²) in [5, 5.41) is 4.45. The predicted molar refractivity (Wildman–Crippen MR) is 146 cm³/mol. The second kappa shape index (κ2) is 11.8. The number of hydrazone groups is 1. The molecular formula is C28H32F3N5O5S. The van der Waals surface area contributed by atoms with Gasteiger partial charge in [0.15, 0.2) is 9.84 Å². The zero-order chi connectivity index (χ0) is 30.9. The van der Waals surface area contributed by atoms with Gasteiger partial charge in [-0.25, -0.2) is 13.4 Å². The number of likely N-dealkylation sites (tertiary alicyclic amines) is 1. The molecule has 2 aliphatic heterocycles. The molecule has 2 N–H and O–H groups in total. The molecule has 1 aromatic carbocycles. The average Bonchev–Trinajstić information content (AvgIpc) is 3.17. The van der Waals surface area contributed by atoms with Crippen molar-refractivity contribution in [3.63, 3.8) is 0 Å². The number of carbonyl (C=O) groups is 3. The van der Waals surface area contributed by atoms with Crippen LogP contribution in [-0.2, 0) is 37.1 Å². The summed E-state index contributed by atoms with van der Waals surface area (Å²) in [5.74, 6) is -4.02. The third-order valence-electron chi connectivity index (χ3n) is 7.83. The Labute approximate surface area is 241 Å². The lowest BCUT2D eigenvalue weighted by atomic mass is 9.73.